The quantitative estimate of drug-likeness (QED) is 0.940. The van der Waals surface area contributed by atoms with Crippen LogP contribution in [0.25, 0.3) is 0 Å². The SMILES string of the molecule is CC(=O)N1CCCc2cc(NC(=O)Cc3cccc(C)c3)ccc21. The molecule has 24 heavy (non-hydrogen) atoms. The smallest absolute Gasteiger partial charge is 0.228 e. The molecule has 0 saturated carbocycles. The highest BCUT2D eigenvalue weighted by molar-refractivity contribution is 5.95. The number of nitrogens with zero attached hydrogens (tertiary/aromatic N) is 1. The van der Waals surface area contributed by atoms with E-state index in [4.69, 9.17) is 0 Å². The number of aryl methyl sites for hydroxylation is 2. The first-order valence-corrected chi connectivity index (χ1v) is 8.29. The maximum absolute atomic E-state index is 12.3. The number of carbonyl (C=O) groups is 2. The third kappa shape index (κ3) is 3.65. The van der Waals surface area contributed by atoms with Crippen LogP contribution in [0.5, 0.6) is 0 Å². The molecule has 0 aliphatic carbocycles. The zero-order chi connectivity index (χ0) is 17.1. The monoisotopic (exact) mass is 322 g/mol. The lowest BCUT2D eigenvalue weighted by molar-refractivity contribution is -0.117. The van der Waals surface area contributed by atoms with E-state index < -0.39 is 0 Å². The molecule has 0 aromatic heterocycles. The van der Waals surface area contributed by atoms with Crippen molar-refractivity contribution in [3.63, 3.8) is 0 Å². The van der Waals surface area contributed by atoms with E-state index >= 15 is 0 Å². The third-order valence-electron chi connectivity index (χ3n) is 4.31. The molecule has 0 spiro atoms. The van der Waals surface area contributed by atoms with Crippen LogP contribution in [0, 0.1) is 6.92 Å². The van der Waals surface area contributed by atoms with Crippen LogP contribution >= 0.6 is 0 Å². The number of fused-ring (bicyclic) bond motifs is 1. The summed E-state index contributed by atoms with van der Waals surface area (Å²) in [5.74, 6) is 0.0342. The minimum atomic E-state index is -0.0280. The lowest BCUT2D eigenvalue weighted by Crippen LogP contribution is -2.33. The largest absolute Gasteiger partial charge is 0.326 e. The molecule has 3 rings (SSSR count). The number of anilines is 2. The fraction of sp³-hybridized carbons (Fsp3) is 0.300. The van der Waals surface area contributed by atoms with Crippen molar-refractivity contribution in [1.82, 2.24) is 0 Å². The van der Waals surface area contributed by atoms with E-state index in [9.17, 15) is 9.59 Å². The Labute approximate surface area is 142 Å². The third-order valence-corrected chi connectivity index (χ3v) is 4.31. The van der Waals surface area contributed by atoms with Gasteiger partial charge in [0, 0.05) is 24.8 Å². The van der Waals surface area contributed by atoms with E-state index in [1.165, 1.54) is 0 Å². The van der Waals surface area contributed by atoms with Crippen LogP contribution in [-0.4, -0.2) is 18.4 Å². The van der Waals surface area contributed by atoms with Gasteiger partial charge in [-0.25, -0.2) is 0 Å². The lowest BCUT2D eigenvalue weighted by Gasteiger charge is -2.29. The highest BCUT2D eigenvalue weighted by Crippen LogP contribution is 2.29. The van der Waals surface area contributed by atoms with E-state index in [0.29, 0.717) is 6.42 Å². The maximum Gasteiger partial charge on any atom is 0.228 e. The van der Waals surface area contributed by atoms with Gasteiger partial charge < -0.3 is 10.2 Å². The Morgan fingerprint density at radius 3 is 2.75 bits per heavy atom. The van der Waals surface area contributed by atoms with Crippen molar-refractivity contribution in [3.8, 4) is 0 Å². The molecule has 0 bridgehead atoms. The average Bonchev–Trinajstić information content (AvgIpc) is 2.53. The van der Waals surface area contributed by atoms with Gasteiger partial charge in [-0.1, -0.05) is 29.8 Å². The number of benzene rings is 2. The summed E-state index contributed by atoms with van der Waals surface area (Å²) >= 11 is 0. The first kappa shape index (κ1) is 16.2. The minimum absolute atomic E-state index is 0.0280. The second-order valence-corrected chi connectivity index (χ2v) is 6.33. The maximum atomic E-state index is 12.3. The van der Waals surface area contributed by atoms with Gasteiger partial charge in [0.15, 0.2) is 0 Å². The minimum Gasteiger partial charge on any atom is -0.326 e. The fourth-order valence-electron chi connectivity index (χ4n) is 3.21. The fourth-order valence-corrected chi connectivity index (χ4v) is 3.21. The molecule has 1 aliphatic heterocycles. The summed E-state index contributed by atoms with van der Waals surface area (Å²) in [6.45, 7) is 4.37. The molecule has 124 valence electrons. The number of rotatable bonds is 3. The molecule has 0 fully saturated rings. The summed E-state index contributed by atoms with van der Waals surface area (Å²) < 4.78 is 0. The van der Waals surface area contributed by atoms with Crippen LogP contribution in [-0.2, 0) is 22.4 Å². The standard InChI is InChI=1S/C20H22N2O2/c1-14-5-3-6-16(11-14)12-20(24)21-18-8-9-19-17(13-18)7-4-10-22(19)15(2)23/h3,5-6,8-9,11,13H,4,7,10,12H2,1-2H3,(H,21,24). The number of carbonyl (C=O) groups excluding carboxylic acids is 2. The summed E-state index contributed by atoms with van der Waals surface area (Å²) in [6.07, 6.45) is 2.24. The Morgan fingerprint density at radius 1 is 1.17 bits per heavy atom. The van der Waals surface area contributed by atoms with Gasteiger partial charge in [-0.05, 0) is 49.1 Å². The second-order valence-electron chi connectivity index (χ2n) is 6.33. The molecule has 2 aromatic carbocycles. The number of hydrogen-bond acceptors (Lipinski definition) is 2. The Bertz CT molecular complexity index is 783. The summed E-state index contributed by atoms with van der Waals surface area (Å²) in [4.78, 5) is 25.8. The van der Waals surface area contributed by atoms with Crippen molar-refractivity contribution < 1.29 is 9.59 Å². The van der Waals surface area contributed by atoms with E-state index in [1.54, 1.807) is 11.8 Å². The van der Waals surface area contributed by atoms with Gasteiger partial charge in [0.25, 0.3) is 0 Å². The molecule has 0 atom stereocenters. The number of nitrogens with one attached hydrogen (secondary N) is 1. The predicted molar refractivity (Wildman–Crippen MR) is 96.3 cm³/mol. The van der Waals surface area contributed by atoms with E-state index in [1.807, 2.05) is 49.4 Å². The lowest BCUT2D eigenvalue weighted by atomic mass is 10.0. The van der Waals surface area contributed by atoms with E-state index in [0.717, 1.165) is 47.5 Å². The van der Waals surface area contributed by atoms with Gasteiger partial charge in [0.1, 0.15) is 0 Å². The Hall–Kier alpha value is -2.62. The molecule has 1 heterocycles. The van der Waals surface area contributed by atoms with Crippen LogP contribution in [0.1, 0.15) is 30.0 Å². The van der Waals surface area contributed by atoms with Crippen LogP contribution in [0.2, 0.25) is 0 Å². The zero-order valence-corrected chi connectivity index (χ0v) is 14.1. The summed E-state index contributed by atoms with van der Waals surface area (Å²) in [7, 11) is 0. The van der Waals surface area contributed by atoms with E-state index in [2.05, 4.69) is 5.32 Å². The highest BCUT2D eigenvalue weighted by Gasteiger charge is 2.20. The highest BCUT2D eigenvalue weighted by atomic mass is 16.2. The van der Waals surface area contributed by atoms with Gasteiger partial charge in [-0.2, -0.15) is 0 Å². The summed E-state index contributed by atoms with van der Waals surface area (Å²) in [6, 6.07) is 13.8. The topological polar surface area (TPSA) is 49.4 Å². The average molecular weight is 322 g/mol. The molecule has 4 nitrogen and oxygen atoms in total. The van der Waals surface area contributed by atoms with Crippen LogP contribution in [0.3, 0.4) is 0 Å². The number of hydrogen-bond donors (Lipinski definition) is 1. The first-order valence-electron chi connectivity index (χ1n) is 8.29. The predicted octanol–water partition coefficient (Wildman–Crippen LogP) is 3.48. The number of amides is 2. The molecular formula is C20H22N2O2. The second kappa shape index (κ2) is 6.87. The molecule has 0 saturated heterocycles. The van der Waals surface area contributed by atoms with Gasteiger partial charge in [0.2, 0.25) is 11.8 Å². The van der Waals surface area contributed by atoms with Crippen molar-refractivity contribution in [1.29, 1.82) is 0 Å². The van der Waals surface area contributed by atoms with E-state index in [-0.39, 0.29) is 11.8 Å². The molecule has 0 radical (unpaired) electrons. The molecular weight excluding hydrogens is 300 g/mol. The molecule has 1 aliphatic rings. The summed E-state index contributed by atoms with van der Waals surface area (Å²) in [5, 5.41) is 2.96. The van der Waals surface area contributed by atoms with Crippen molar-refractivity contribution >= 4 is 23.2 Å². The molecule has 0 unspecified atom stereocenters. The van der Waals surface area contributed by atoms with Crippen LogP contribution in [0.4, 0.5) is 11.4 Å². The van der Waals surface area contributed by atoms with Gasteiger partial charge in [0.05, 0.1) is 6.42 Å². The Balaban J connectivity index is 1.72. The molecule has 4 heteroatoms. The van der Waals surface area contributed by atoms with Gasteiger partial charge >= 0.3 is 0 Å². The first-order chi connectivity index (χ1) is 11.5. The van der Waals surface area contributed by atoms with Crippen molar-refractivity contribution in [2.24, 2.45) is 0 Å². The Kier molecular flexibility index (Phi) is 4.65. The van der Waals surface area contributed by atoms with Crippen LogP contribution < -0.4 is 10.2 Å². The summed E-state index contributed by atoms with van der Waals surface area (Å²) in [5.41, 5.74) is 5.03. The molecule has 2 amide bonds. The van der Waals surface area contributed by atoms with Crippen LogP contribution in [0.15, 0.2) is 42.5 Å². The molecule has 2 aromatic rings. The Morgan fingerprint density at radius 2 is 2.00 bits per heavy atom. The zero-order valence-electron chi connectivity index (χ0n) is 14.1. The van der Waals surface area contributed by atoms with Gasteiger partial charge in [-0.15, -0.1) is 0 Å². The normalized spacial score (nSPS) is 13.3. The van der Waals surface area contributed by atoms with Crippen molar-refractivity contribution in [2.45, 2.75) is 33.1 Å². The van der Waals surface area contributed by atoms with Crippen molar-refractivity contribution in [2.75, 3.05) is 16.8 Å². The van der Waals surface area contributed by atoms with Crippen molar-refractivity contribution in [3.05, 3.63) is 59.2 Å². The van der Waals surface area contributed by atoms with Gasteiger partial charge in [-0.3, -0.25) is 9.59 Å². The molecule has 1 N–H and O–H groups in total.